The van der Waals surface area contributed by atoms with E-state index in [2.05, 4.69) is 171 Å². The van der Waals surface area contributed by atoms with Crippen LogP contribution in [0.1, 0.15) is 49.9 Å². The highest BCUT2D eigenvalue weighted by atomic mass is 19.1. The van der Waals surface area contributed by atoms with Crippen molar-refractivity contribution in [3.63, 3.8) is 0 Å². The predicted molar refractivity (Wildman–Crippen MR) is 255 cm³/mol. The molecule has 2 nitrogen and oxygen atoms in total. The predicted octanol–water partition coefficient (Wildman–Crippen LogP) is 16.4. The van der Waals surface area contributed by atoms with E-state index < -0.39 is 0 Å². The highest BCUT2D eigenvalue weighted by Gasteiger charge is 2.39. The van der Waals surface area contributed by atoms with E-state index in [0.717, 1.165) is 77.6 Å². The maximum atomic E-state index is 15.4. The van der Waals surface area contributed by atoms with E-state index >= 15 is 8.78 Å². The van der Waals surface area contributed by atoms with Crippen LogP contribution in [0.15, 0.2) is 182 Å². The molecule has 0 N–H and O–H groups in total. The third-order valence-electron chi connectivity index (χ3n) is 13.9. The Balaban J connectivity index is 1.14. The normalized spacial score (nSPS) is 14.2. The monoisotopic (exact) mass is 804 g/mol. The summed E-state index contributed by atoms with van der Waals surface area (Å²) in [6.45, 7) is 9.16. The number of hydrogen-bond acceptors (Lipinski definition) is 2. The lowest BCUT2D eigenvalue weighted by molar-refractivity contribution is 0.627. The van der Waals surface area contributed by atoms with Gasteiger partial charge in [0.15, 0.2) is 0 Å². The molecule has 0 atom stereocenters. The summed E-state index contributed by atoms with van der Waals surface area (Å²) < 4.78 is 30.8. The largest absolute Gasteiger partial charge is 0.309 e. The first kappa shape index (κ1) is 36.5. The van der Waals surface area contributed by atoms with Crippen LogP contribution < -0.4 is 9.80 Å². The average Bonchev–Trinajstić information content (AvgIpc) is 3.67. The van der Waals surface area contributed by atoms with Crippen molar-refractivity contribution in [2.24, 2.45) is 0 Å². The Labute approximate surface area is 360 Å². The standard InChI is InChI=1S/C58H42F2N2/c1-57(2)45-19-7-5-17-41(45)55-47(57)21-11-23-51(55)61(39-15-9-13-37(59)33-39)49-31-27-35-26-30-44-50(32-28-36-25-29-43(49)53(35)54(36)44)62(40-16-10-14-38(60)34-40)52-24-12-22-48-56(52)42-18-6-8-20-46(42)58(48,3)4/h5-34H,1-4H3. The number of hydrogen-bond donors (Lipinski definition) is 0. The van der Waals surface area contributed by atoms with Crippen molar-refractivity contribution in [1.82, 2.24) is 0 Å². The lowest BCUT2D eigenvalue weighted by atomic mass is 9.82. The highest BCUT2D eigenvalue weighted by Crippen LogP contribution is 2.57. The van der Waals surface area contributed by atoms with Gasteiger partial charge < -0.3 is 9.80 Å². The van der Waals surface area contributed by atoms with E-state index in [0.29, 0.717) is 0 Å². The molecule has 0 fully saturated rings. The van der Waals surface area contributed by atoms with Crippen molar-refractivity contribution in [3.05, 3.63) is 216 Å². The van der Waals surface area contributed by atoms with E-state index in [-0.39, 0.29) is 22.5 Å². The van der Waals surface area contributed by atoms with E-state index in [4.69, 9.17) is 0 Å². The van der Waals surface area contributed by atoms with Gasteiger partial charge in [-0.3, -0.25) is 0 Å². The molecular formula is C58H42F2N2. The van der Waals surface area contributed by atoms with Crippen molar-refractivity contribution in [2.75, 3.05) is 9.80 Å². The minimum atomic E-state index is -0.293. The van der Waals surface area contributed by atoms with Crippen molar-refractivity contribution in [2.45, 2.75) is 38.5 Å². The Kier molecular flexibility index (Phi) is 7.72. The molecule has 0 radical (unpaired) electrons. The van der Waals surface area contributed by atoms with E-state index in [1.807, 2.05) is 12.1 Å². The van der Waals surface area contributed by atoms with Gasteiger partial charge in [0, 0.05) is 44.1 Å². The zero-order valence-corrected chi connectivity index (χ0v) is 35.0. The SMILES string of the molecule is CC1(C)c2ccccc2-c2c(N(c3cccc(F)c3)c3ccc4ccc5c(N(c6cccc(F)c6)c6cccc7c6-c6ccccc6C7(C)C)ccc6ccc3c4c65)cccc21. The maximum absolute atomic E-state index is 15.4. The zero-order valence-electron chi connectivity index (χ0n) is 35.0. The van der Waals surface area contributed by atoms with Gasteiger partial charge >= 0.3 is 0 Å². The molecule has 12 rings (SSSR count). The van der Waals surface area contributed by atoms with E-state index in [9.17, 15) is 0 Å². The quantitative estimate of drug-likeness (QED) is 0.155. The molecule has 0 spiro atoms. The van der Waals surface area contributed by atoms with Gasteiger partial charge in [-0.15, -0.1) is 0 Å². The highest BCUT2D eigenvalue weighted by molar-refractivity contribution is 6.28. The Morgan fingerprint density at radius 3 is 1.18 bits per heavy atom. The van der Waals surface area contributed by atoms with Crippen LogP contribution in [0, 0.1) is 11.6 Å². The summed E-state index contributed by atoms with van der Waals surface area (Å²) in [5.74, 6) is -0.585. The van der Waals surface area contributed by atoms with Crippen LogP contribution in [0.25, 0.3) is 54.6 Å². The third kappa shape index (κ3) is 5.07. The van der Waals surface area contributed by atoms with Crippen LogP contribution in [0.4, 0.5) is 42.9 Å². The van der Waals surface area contributed by atoms with Crippen molar-refractivity contribution < 1.29 is 8.78 Å². The smallest absolute Gasteiger partial charge is 0.125 e. The van der Waals surface area contributed by atoms with Crippen LogP contribution >= 0.6 is 0 Å². The van der Waals surface area contributed by atoms with Crippen LogP contribution in [-0.4, -0.2) is 0 Å². The summed E-state index contributed by atoms with van der Waals surface area (Å²) in [6, 6.07) is 61.9. The molecule has 0 saturated carbocycles. The number of fused-ring (bicyclic) bond motifs is 6. The number of halogens is 2. The van der Waals surface area contributed by atoms with Crippen LogP contribution in [0.3, 0.4) is 0 Å². The molecule has 10 aromatic rings. The molecule has 62 heavy (non-hydrogen) atoms. The topological polar surface area (TPSA) is 6.48 Å². The molecule has 0 aromatic heterocycles. The first-order chi connectivity index (χ1) is 30.1. The second-order valence-electron chi connectivity index (χ2n) is 18.0. The summed E-state index contributed by atoms with van der Waals surface area (Å²) in [5, 5.41) is 6.57. The fraction of sp³-hybridized carbons (Fsp3) is 0.103. The summed E-state index contributed by atoms with van der Waals surface area (Å²) in [6.07, 6.45) is 0. The fourth-order valence-corrected chi connectivity index (χ4v) is 11.0. The minimum Gasteiger partial charge on any atom is -0.309 e. The summed E-state index contributed by atoms with van der Waals surface area (Å²) in [5.41, 5.74) is 14.8. The molecule has 298 valence electrons. The third-order valence-corrected chi connectivity index (χ3v) is 13.9. The van der Waals surface area contributed by atoms with E-state index in [1.165, 1.54) is 45.5 Å². The Morgan fingerprint density at radius 1 is 0.355 bits per heavy atom. The molecule has 2 aliphatic carbocycles. The molecule has 0 unspecified atom stereocenters. The fourth-order valence-electron chi connectivity index (χ4n) is 11.0. The number of benzene rings is 10. The molecule has 0 saturated heterocycles. The van der Waals surface area contributed by atoms with Gasteiger partial charge in [0.2, 0.25) is 0 Å². The molecule has 0 aliphatic heterocycles. The number of nitrogens with zero attached hydrogens (tertiary/aromatic N) is 2. The van der Waals surface area contributed by atoms with Gasteiger partial charge in [-0.1, -0.05) is 149 Å². The molecular weight excluding hydrogens is 763 g/mol. The zero-order chi connectivity index (χ0) is 42.1. The molecule has 0 heterocycles. The summed E-state index contributed by atoms with van der Waals surface area (Å²) in [7, 11) is 0. The van der Waals surface area contributed by atoms with Gasteiger partial charge in [0.25, 0.3) is 0 Å². The lowest BCUT2D eigenvalue weighted by Gasteiger charge is -2.31. The molecule has 4 heteroatoms. The molecule has 10 aromatic carbocycles. The van der Waals surface area contributed by atoms with Crippen molar-refractivity contribution >= 4 is 66.4 Å². The second-order valence-corrected chi connectivity index (χ2v) is 18.0. The molecule has 2 aliphatic rings. The van der Waals surface area contributed by atoms with Gasteiger partial charge in [0.05, 0.1) is 22.7 Å². The van der Waals surface area contributed by atoms with Gasteiger partial charge in [-0.05, 0) is 116 Å². The van der Waals surface area contributed by atoms with Crippen molar-refractivity contribution in [1.29, 1.82) is 0 Å². The van der Waals surface area contributed by atoms with Gasteiger partial charge in [0.1, 0.15) is 11.6 Å². The Hall–Kier alpha value is -7.30. The average molecular weight is 805 g/mol. The van der Waals surface area contributed by atoms with Crippen LogP contribution in [-0.2, 0) is 10.8 Å². The van der Waals surface area contributed by atoms with Gasteiger partial charge in [-0.2, -0.15) is 0 Å². The van der Waals surface area contributed by atoms with Gasteiger partial charge in [-0.25, -0.2) is 8.78 Å². The number of rotatable bonds is 6. The summed E-state index contributed by atoms with van der Waals surface area (Å²) in [4.78, 5) is 4.50. The maximum Gasteiger partial charge on any atom is 0.125 e. The first-order valence-corrected chi connectivity index (χ1v) is 21.4. The van der Waals surface area contributed by atoms with Crippen molar-refractivity contribution in [3.8, 4) is 22.3 Å². The Bertz CT molecular complexity index is 3240. The molecule has 0 amide bonds. The van der Waals surface area contributed by atoms with Crippen LogP contribution in [0.5, 0.6) is 0 Å². The first-order valence-electron chi connectivity index (χ1n) is 21.4. The number of anilines is 6. The lowest BCUT2D eigenvalue weighted by Crippen LogP contribution is -2.16. The summed E-state index contributed by atoms with van der Waals surface area (Å²) >= 11 is 0. The molecule has 0 bridgehead atoms. The Morgan fingerprint density at radius 2 is 0.742 bits per heavy atom. The van der Waals surface area contributed by atoms with Crippen LogP contribution in [0.2, 0.25) is 0 Å². The minimum absolute atomic E-state index is 0.209. The second kappa shape index (κ2) is 13.1. The van der Waals surface area contributed by atoms with E-state index in [1.54, 1.807) is 24.3 Å².